The Morgan fingerprint density at radius 1 is 0.374 bits per heavy atom. The van der Waals surface area contributed by atoms with Gasteiger partial charge in [-0.05, 0) is 89.2 Å². The summed E-state index contributed by atoms with van der Waals surface area (Å²) in [6.45, 7) is 43.3. The number of amides is 8. The molecule has 0 aromatic carbocycles. The smallest absolute Gasteiger partial charge is 0.407 e. The van der Waals surface area contributed by atoms with E-state index in [-0.39, 0.29) is 74.6 Å². The van der Waals surface area contributed by atoms with Crippen molar-refractivity contribution in [3.8, 4) is 0 Å². The van der Waals surface area contributed by atoms with E-state index in [1.54, 1.807) is 6.92 Å². The normalized spacial score (nSPS) is 11.5. The van der Waals surface area contributed by atoms with Gasteiger partial charge in [0.1, 0.15) is 32.5 Å². The highest BCUT2D eigenvalue weighted by atomic mass is 16.6. The zero-order chi connectivity index (χ0) is 69.9. The van der Waals surface area contributed by atoms with E-state index in [1.807, 2.05) is 27.7 Å². The summed E-state index contributed by atoms with van der Waals surface area (Å²) in [6, 6.07) is -0.480. The summed E-state index contributed by atoms with van der Waals surface area (Å²) in [5, 5.41) is 21.5. The molecule has 8 N–H and O–H groups in total. The van der Waals surface area contributed by atoms with Gasteiger partial charge < -0.3 is 71.0 Å². The molecule has 0 aliphatic rings. The van der Waals surface area contributed by atoms with Crippen molar-refractivity contribution >= 4 is 59.9 Å². The quantitative estimate of drug-likeness (QED) is 0.0122. The molecule has 0 aliphatic carbocycles. The molecule has 91 heavy (non-hydrogen) atoms. The lowest BCUT2D eigenvalue weighted by atomic mass is 10.1. The standard InChI is InChI=1S/C19H35NO3.C17H30N2O6.C12H22N2O3.C11H20N2O3.C8H15NO/c1-4-17(3)23-19(22)15-13-11-9-7-6-8-10-12-14-16-20-18(21)5-2;1-4-14(3)25-17(22)19-11-9-7-6-8-10-18-16(21)24-13-12-23-15(20)5-2;1-5-10(4)8-14-12(16)13-6-7-17-11(15)9(2)3;1-4-9(3)8-13-11(15)12-6-7-16-10(14)5-2;1-4-7(3)6-9-8(10)5-2/h5,17H,2,4,6-16H2,1,3H3,(H,20,21);5,14H,2,4,6-13H2,1,3H3,(H,18,21)(H,19,22);10H,2,5-8H2,1,3-4H3,(H2,13,14,16);5,9H,2,4,6-8H2,1,3H3,(H2,12,13,15);5,7H,2,4,6H2,1,3H3,(H,9,10). The van der Waals surface area contributed by atoms with E-state index in [0.29, 0.717) is 69.0 Å². The van der Waals surface area contributed by atoms with E-state index in [9.17, 15) is 47.9 Å². The molecule has 0 aromatic rings. The second kappa shape index (κ2) is 68.5. The predicted octanol–water partition coefficient (Wildman–Crippen LogP) is 10.9. The zero-order valence-corrected chi connectivity index (χ0v) is 57.7. The maximum Gasteiger partial charge on any atom is 0.407 e. The van der Waals surface area contributed by atoms with Crippen LogP contribution in [-0.4, -0.2) is 151 Å². The molecule has 24 nitrogen and oxygen atoms in total. The topological polar surface area (TPSA) is 322 Å². The van der Waals surface area contributed by atoms with Gasteiger partial charge >= 0.3 is 48.1 Å². The molecule has 0 bridgehead atoms. The van der Waals surface area contributed by atoms with Crippen LogP contribution in [0.5, 0.6) is 0 Å². The average Bonchev–Trinajstić information content (AvgIpc) is 3.57. The Morgan fingerprint density at radius 2 is 0.736 bits per heavy atom. The Hall–Kier alpha value is -7.40. The maximum atomic E-state index is 11.5. The lowest BCUT2D eigenvalue weighted by Crippen LogP contribution is -2.39. The van der Waals surface area contributed by atoms with Crippen molar-refractivity contribution in [3.05, 3.63) is 62.8 Å². The van der Waals surface area contributed by atoms with Crippen LogP contribution >= 0.6 is 0 Å². The fourth-order valence-corrected chi connectivity index (χ4v) is 6.21. The van der Waals surface area contributed by atoms with Crippen LogP contribution in [-0.2, 0) is 57.2 Å². The highest BCUT2D eigenvalue weighted by Crippen LogP contribution is 2.12. The van der Waals surface area contributed by atoms with Gasteiger partial charge in [0.2, 0.25) is 11.8 Å². The number of ether oxygens (including phenoxy) is 6. The van der Waals surface area contributed by atoms with Crippen LogP contribution in [0.4, 0.5) is 19.2 Å². The molecule has 0 heterocycles. The molecular formula is C67H122N8O16. The third kappa shape index (κ3) is 75.0. The van der Waals surface area contributed by atoms with E-state index < -0.39 is 24.0 Å². The second-order valence-corrected chi connectivity index (χ2v) is 21.6. The molecule has 0 fully saturated rings. The first-order valence-electron chi connectivity index (χ1n) is 32.7. The van der Waals surface area contributed by atoms with Crippen molar-refractivity contribution in [2.24, 2.45) is 17.8 Å². The molecule has 8 amide bonds. The minimum absolute atomic E-state index is 0.00380. The Labute approximate surface area is 546 Å². The van der Waals surface area contributed by atoms with Gasteiger partial charge in [-0.25, -0.2) is 33.6 Å². The first kappa shape index (κ1) is 92.3. The SMILES string of the molecule is C=C(C)C(=O)OCCNC(=O)NCC(C)CC.C=CC(=O)NCC(C)CC.C=CC(=O)NCCCCCCCCCCCC(=O)OC(C)CC.C=CC(=O)OCCNC(=O)NCC(C)CC.C=CC(=O)OCCOC(=O)NCCCCCCNC(=O)OC(C)CC. The number of hydrogen-bond donors (Lipinski definition) is 8. The molecule has 0 radical (unpaired) electrons. The van der Waals surface area contributed by atoms with E-state index in [4.69, 9.17) is 18.9 Å². The van der Waals surface area contributed by atoms with Crippen LogP contribution in [0, 0.1) is 17.8 Å². The zero-order valence-electron chi connectivity index (χ0n) is 57.7. The molecule has 0 spiro atoms. The number of alkyl carbamates (subject to hydrolysis) is 2. The van der Waals surface area contributed by atoms with Gasteiger partial charge in [-0.3, -0.25) is 14.4 Å². The molecule has 5 atom stereocenters. The minimum atomic E-state index is -0.549. The number of urea groups is 2. The second-order valence-electron chi connectivity index (χ2n) is 21.6. The number of hydrogen-bond acceptors (Lipinski definition) is 16. The summed E-state index contributed by atoms with van der Waals surface area (Å²) in [4.78, 5) is 111. The van der Waals surface area contributed by atoms with Crippen LogP contribution in [0.2, 0.25) is 0 Å². The van der Waals surface area contributed by atoms with Gasteiger partial charge in [0.15, 0.2) is 0 Å². The van der Waals surface area contributed by atoms with Crippen LogP contribution in [0.3, 0.4) is 0 Å². The van der Waals surface area contributed by atoms with Crippen molar-refractivity contribution < 1.29 is 76.4 Å². The first-order chi connectivity index (χ1) is 43.4. The number of nitrogens with one attached hydrogen (secondary N) is 8. The van der Waals surface area contributed by atoms with Crippen LogP contribution in [0.1, 0.15) is 198 Å². The average molecular weight is 1300 g/mol. The summed E-state index contributed by atoms with van der Waals surface area (Å²) >= 11 is 0. The van der Waals surface area contributed by atoms with Crippen LogP contribution in [0.25, 0.3) is 0 Å². The van der Waals surface area contributed by atoms with Crippen molar-refractivity contribution in [3.63, 3.8) is 0 Å². The number of unbranched alkanes of at least 4 members (excludes halogenated alkanes) is 11. The number of esters is 4. The molecular weight excluding hydrogens is 1170 g/mol. The fourth-order valence-electron chi connectivity index (χ4n) is 6.21. The number of rotatable bonds is 46. The summed E-state index contributed by atoms with van der Waals surface area (Å²) < 4.78 is 29.3. The predicted molar refractivity (Wildman–Crippen MR) is 360 cm³/mol. The Kier molecular flexibility index (Phi) is 69.5. The number of carbonyl (C=O) groups excluding carboxylic acids is 10. The van der Waals surface area contributed by atoms with Crippen molar-refractivity contribution in [1.82, 2.24) is 42.5 Å². The van der Waals surface area contributed by atoms with Gasteiger partial charge in [-0.2, -0.15) is 0 Å². The van der Waals surface area contributed by atoms with Crippen LogP contribution in [0.15, 0.2) is 62.8 Å². The van der Waals surface area contributed by atoms with E-state index in [1.165, 1.54) is 50.7 Å². The van der Waals surface area contributed by atoms with Gasteiger partial charge in [0.25, 0.3) is 0 Å². The summed E-state index contributed by atoms with van der Waals surface area (Å²) in [5.74, 6) is -0.211. The molecule has 24 heteroatoms. The monoisotopic (exact) mass is 1290 g/mol. The van der Waals surface area contributed by atoms with E-state index in [2.05, 4.69) is 126 Å². The first-order valence-corrected chi connectivity index (χ1v) is 32.7. The molecule has 0 aliphatic heterocycles. The fraction of sp³-hybridized carbons (Fsp3) is 0.701. The largest absolute Gasteiger partial charge is 0.463 e. The van der Waals surface area contributed by atoms with E-state index >= 15 is 0 Å². The third-order valence-electron chi connectivity index (χ3n) is 13.1. The third-order valence-corrected chi connectivity index (χ3v) is 13.1. The van der Waals surface area contributed by atoms with Gasteiger partial charge in [-0.15, -0.1) is 0 Å². The van der Waals surface area contributed by atoms with Gasteiger partial charge in [-0.1, -0.05) is 165 Å². The summed E-state index contributed by atoms with van der Waals surface area (Å²) in [5.41, 5.74) is 0.353. The molecule has 0 saturated heterocycles. The molecule has 0 rings (SSSR count). The van der Waals surface area contributed by atoms with Crippen molar-refractivity contribution in [2.45, 2.75) is 210 Å². The summed E-state index contributed by atoms with van der Waals surface area (Å²) in [7, 11) is 0. The Morgan fingerprint density at radius 3 is 1.15 bits per heavy atom. The van der Waals surface area contributed by atoms with Crippen LogP contribution < -0.4 is 42.5 Å². The Bertz CT molecular complexity index is 2010. The molecule has 526 valence electrons. The van der Waals surface area contributed by atoms with Gasteiger partial charge in [0.05, 0.1) is 19.2 Å². The summed E-state index contributed by atoms with van der Waals surface area (Å²) in [6.07, 6.45) is 23.2. The van der Waals surface area contributed by atoms with Gasteiger partial charge in [0, 0.05) is 63.4 Å². The lowest BCUT2D eigenvalue weighted by Gasteiger charge is -2.11. The Balaban J connectivity index is -0.000000348. The molecule has 5 unspecified atom stereocenters. The van der Waals surface area contributed by atoms with Crippen molar-refractivity contribution in [1.29, 1.82) is 0 Å². The number of carbonyl (C=O) groups is 10. The van der Waals surface area contributed by atoms with Crippen molar-refractivity contribution in [2.75, 3.05) is 78.8 Å². The minimum Gasteiger partial charge on any atom is -0.463 e. The maximum absolute atomic E-state index is 11.5. The molecule has 0 aromatic heterocycles. The lowest BCUT2D eigenvalue weighted by molar-refractivity contribution is -0.148. The molecule has 0 saturated carbocycles. The highest BCUT2D eigenvalue weighted by molar-refractivity contribution is 5.87. The van der Waals surface area contributed by atoms with E-state index in [0.717, 1.165) is 102 Å². The highest BCUT2D eigenvalue weighted by Gasteiger charge is 2.10.